The third-order valence-corrected chi connectivity index (χ3v) is 4.70. The van der Waals surface area contributed by atoms with Crippen LogP contribution >= 0.6 is 0 Å². The Bertz CT molecular complexity index is 987. The van der Waals surface area contributed by atoms with Crippen LogP contribution < -0.4 is 5.32 Å². The SMILES string of the molecule is CNC(=O)/C(=N/OC)c1cccc(C)c1CO/N=C1\CC(F)(F)c2ccccc21. The van der Waals surface area contributed by atoms with Crippen LogP contribution in [0.15, 0.2) is 52.8 Å². The second-order valence-electron chi connectivity index (χ2n) is 6.54. The van der Waals surface area contributed by atoms with Gasteiger partial charge in [-0.25, -0.2) is 8.78 Å². The van der Waals surface area contributed by atoms with Gasteiger partial charge in [0.05, 0.1) is 12.1 Å². The Morgan fingerprint density at radius 1 is 1.21 bits per heavy atom. The Morgan fingerprint density at radius 2 is 1.97 bits per heavy atom. The molecule has 6 nitrogen and oxygen atoms in total. The fraction of sp³-hybridized carbons (Fsp3) is 0.286. The van der Waals surface area contributed by atoms with Crippen LogP contribution in [0.3, 0.4) is 0 Å². The Kier molecular flexibility index (Phi) is 5.91. The topological polar surface area (TPSA) is 72.3 Å². The lowest BCUT2D eigenvalue weighted by Crippen LogP contribution is -2.29. The normalized spacial score (nSPS) is 16.4. The van der Waals surface area contributed by atoms with Crippen LogP contribution in [-0.4, -0.2) is 31.5 Å². The molecular weight excluding hydrogens is 380 g/mol. The highest BCUT2D eigenvalue weighted by Gasteiger charge is 2.43. The van der Waals surface area contributed by atoms with Crippen molar-refractivity contribution in [2.75, 3.05) is 14.2 Å². The smallest absolute Gasteiger partial charge is 0.279 e. The molecule has 1 aliphatic carbocycles. The molecular formula is C21H21F2N3O3. The number of benzene rings is 2. The minimum atomic E-state index is -2.97. The lowest BCUT2D eigenvalue weighted by Gasteiger charge is -2.13. The van der Waals surface area contributed by atoms with E-state index in [1.54, 1.807) is 30.3 Å². The summed E-state index contributed by atoms with van der Waals surface area (Å²) >= 11 is 0. The van der Waals surface area contributed by atoms with Crippen molar-refractivity contribution in [3.63, 3.8) is 0 Å². The summed E-state index contributed by atoms with van der Waals surface area (Å²) in [6.07, 6.45) is -0.512. The van der Waals surface area contributed by atoms with E-state index in [-0.39, 0.29) is 23.6 Å². The minimum Gasteiger partial charge on any atom is -0.398 e. The Morgan fingerprint density at radius 3 is 2.69 bits per heavy atom. The Balaban J connectivity index is 1.88. The second kappa shape index (κ2) is 8.38. The first-order valence-electron chi connectivity index (χ1n) is 8.97. The molecule has 29 heavy (non-hydrogen) atoms. The van der Waals surface area contributed by atoms with Gasteiger partial charge < -0.3 is 15.0 Å². The molecule has 0 saturated heterocycles. The van der Waals surface area contributed by atoms with E-state index in [4.69, 9.17) is 9.68 Å². The predicted molar refractivity (Wildman–Crippen MR) is 105 cm³/mol. The van der Waals surface area contributed by atoms with E-state index in [1.807, 2.05) is 13.0 Å². The summed E-state index contributed by atoms with van der Waals surface area (Å²) in [5.74, 6) is -3.39. The van der Waals surface area contributed by atoms with Crippen LogP contribution in [-0.2, 0) is 27.0 Å². The average Bonchev–Trinajstić information content (AvgIpc) is 2.97. The van der Waals surface area contributed by atoms with Gasteiger partial charge in [-0.3, -0.25) is 4.79 Å². The summed E-state index contributed by atoms with van der Waals surface area (Å²) in [5.41, 5.74) is 2.63. The van der Waals surface area contributed by atoms with Gasteiger partial charge in [-0.15, -0.1) is 0 Å². The summed E-state index contributed by atoms with van der Waals surface area (Å²) in [6, 6.07) is 11.6. The van der Waals surface area contributed by atoms with Gasteiger partial charge in [-0.05, 0) is 12.5 Å². The number of aryl methyl sites for hydroxylation is 1. The molecule has 3 rings (SSSR count). The number of amides is 1. The van der Waals surface area contributed by atoms with Crippen molar-refractivity contribution in [1.82, 2.24) is 5.32 Å². The van der Waals surface area contributed by atoms with E-state index in [2.05, 4.69) is 15.6 Å². The summed E-state index contributed by atoms with van der Waals surface area (Å²) in [5, 5.41) is 10.3. The molecule has 0 unspecified atom stereocenters. The average molecular weight is 401 g/mol. The summed E-state index contributed by atoms with van der Waals surface area (Å²) < 4.78 is 28.3. The van der Waals surface area contributed by atoms with E-state index >= 15 is 0 Å². The minimum absolute atomic E-state index is 0.0149. The van der Waals surface area contributed by atoms with Gasteiger partial charge in [0.25, 0.3) is 11.8 Å². The van der Waals surface area contributed by atoms with Crippen LogP contribution in [0.2, 0.25) is 0 Å². The maximum Gasteiger partial charge on any atom is 0.279 e. The highest BCUT2D eigenvalue weighted by atomic mass is 19.3. The van der Waals surface area contributed by atoms with Crippen molar-refractivity contribution < 1.29 is 23.3 Å². The van der Waals surface area contributed by atoms with E-state index in [9.17, 15) is 13.6 Å². The lowest BCUT2D eigenvalue weighted by atomic mass is 9.98. The van der Waals surface area contributed by atoms with E-state index < -0.39 is 18.3 Å². The molecule has 1 N–H and O–H groups in total. The summed E-state index contributed by atoms with van der Waals surface area (Å²) in [6.45, 7) is 1.83. The number of oxime groups is 2. The Hall–Kier alpha value is -3.29. The molecule has 1 aliphatic rings. The third-order valence-electron chi connectivity index (χ3n) is 4.70. The van der Waals surface area contributed by atoms with Crippen LogP contribution in [0.5, 0.6) is 0 Å². The zero-order valence-electron chi connectivity index (χ0n) is 16.3. The summed E-state index contributed by atoms with van der Waals surface area (Å²) in [7, 11) is 2.84. The quantitative estimate of drug-likeness (QED) is 0.595. The highest BCUT2D eigenvalue weighted by Crippen LogP contribution is 2.41. The Labute approximate surface area is 167 Å². The molecule has 0 saturated carbocycles. The monoisotopic (exact) mass is 401 g/mol. The first kappa shape index (κ1) is 20.4. The number of carbonyl (C=O) groups is 1. The number of hydrogen-bond donors (Lipinski definition) is 1. The van der Waals surface area contributed by atoms with Crippen molar-refractivity contribution in [1.29, 1.82) is 0 Å². The number of fused-ring (bicyclic) bond motifs is 1. The van der Waals surface area contributed by atoms with Gasteiger partial charge in [0.15, 0.2) is 5.71 Å². The predicted octanol–water partition coefficient (Wildman–Crippen LogP) is 3.51. The van der Waals surface area contributed by atoms with Crippen LogP contribution in [0.1, 0.15) is 34.2 Å². The molecule has 2 aromatic rings. The number of hydrogen-bond acceptors (Lipinski definition) is 5. The van der Waals surface area contributed by atoms with Crippen molar-refractivity contribution in [3.05, 3.63) is 70.3 Å². The van der Waals surface area contributed by atoms with E-state index in [1.165, 1.54) is 20.2 Å². The first-order valence-corrected chi connectivity index (χ1v) is 8.97. The molecule has 0 bridgehead atoms. The molecule has 0 spiro atoms. The number of nitrogens with one attached hydrogen (secondary N) is 1. The van der Waals surface area contributed by atoms with E-state index in [0.717, 1.165) is 5.56 Å². The number of nitrogens with zero attached hydrogens (tertiary/aromatic N) is 2. The number of rotatable bonds is 6. The largest absolute Gasteiger partial charge is 0.398 e. The van der Waals surface area contributed by atoms with Gasteiger partial charge in [0, 0.05) is 29.3 Å². The third kappa shape index (κ3) is 4.11. The van der Waals surface area contributed by atoms with Gasteiger partial charge in [0.1, 0.15) is 13.7 Å². The molecule has 2 aromatic carbocycles. The van der Waals surface area contributed by atoms with Crippen molar-refractivity contribution in [2.24, 2.45) is 10.3 Å². The molecule has 0 fully saturated rings. The van der Waals surface area contributed by atoms with Gasteiger partial charge in [-0.2, -0.15) is 0 Å². The van der Waals surface area contributed by atoms with Gasteiger partial charge >= 0.3 is 0 Å². The lowest BCUT2D eigenvalue weighted by molar-refractivity contribution is -0.114. The van der Waals surface area contributed by atoms with E-state index in [0.29, 0.717) is 16.7 Å². The number of likely N-dealkylation sites (N-methyl/N-ethyl adjacent to an activating group) is 1. The van der Waals surface area contributed by atoms with Crippen LogP contribution in [0.4, 0.5) is 8.78 Å². The number of halogens is 2. The molecule has 0 aromatic heterocycles. The fourth-order valence-corrected chi connectivity index (χ4v) is 3.25. The maximum atomic E-state index is 14.2. The fourth-order valence-electron chi connectivity index (χ4n) is 3.25. The zero-order chi connectivity index (χ0) is 21.0. The van der Waals surface area contributed by atoms with Gasteiger partial charge in [0.2, 0.25) is 0 Å². The molecule has 0 heterocycles. The molecule has 0 atom stereocenters. The molecule has 152 valence electrons. The van der Waals surface area contributed by atoms with Gasteiger partial charge in [-0.1, -0.05) is 52.8 Å². The standard InChI is InChI=1S/C21H21F2N3O3/c1-13-7-6-9-14(19(26-28-3)20(27)24-2)16(13)12-29-25-18-11-21(22,23)17-10-5-4-8-15(17)18/h4-10H,11-12H2,1-3H3,(H,24,27)/b25-18+,26-19+. The maximum absolute atomic E-state index is 14.2. The number of carbonyl (C=O) groups excluding carboxylic acids is 1. The van der Waals surface area contributed by atoms with Crippen molar-refractivity contribution in [3.8, 4) is 0 Å². The van der Waals surface area contributed by atoms with Crippen LogP contribution in [0.25, 0.3) is 0 Å². The molecule has 8 heteroatoms. The molecule has 0 radical (unpaired) electrons. The highest BCUT2D eigenvalue weighted by molar-refractivity contribution is 6.45. The molecule has 1 amide bonds. The first-order chi connectivity index (χ1) is 13.9. The second-order valence-corrected chi connectivity index (χ2v) is 6.54. The molecule has 0 aliphatic heterocycles. The summed E-state index contributed by atoms with van der Waals surface area (Å²) in [4.78, 5) is 22.4. The van der Waals surface area contributed by atoms with Crippen LogP contribution in [0, 0.1) is 6.92 Å². The van der Waals surface area contributed by atoms with Crippen molar-refractivity contribution >= 4 is 17.3 Å². The van der Waals surface area contributed by atoms with Crippen molar-refractivity contribution in [2.45, 2.75) is 25.9 Å². The number of alkyl halides is 2. The zero-order valence-corrected chi connectivity index (χ0v) is 16.3.